The van der Waals surface area contributed by atoms with Crippen LogP contribution in [0, 0.1) is 5.92 Å². The third-order valence-electron chi connectivity index (χ3n) is 3.65. The molecule has 0 bridgehead atoms. The summed E-state index contributed by atoms with van der Waals surface area (Å²) < 4.78 is 0. The van der Waals surface area contributed by atoms with Crippen molar-refractivity contribution in [3.63, 3.8) is 0 Å². The number of hydrogen-bond donors (Lipinski definition) is 3. The third-order valence-corrected chi connectivity index (χ3v) is 3.65. The zero-order chi connectivity index (χ0) is 18.1. The Balaban J connectivity index is 2.34. The molecular weight excluding hydrogens is 314 g/mol. The second-order valence-electron chi connectivity index (χ2n) is 6.10. The van der Waals surface area contributed by atoms with Crippen molar-refractivity contribution in [1.82, 2.24) is 10.2 Å². The monoisotopic (exact) mass is 341 g/mol. The van der Waals surface area contributed by atoms with E-state index in [2.05, 4.69) is 22.2 Å². The molecule has 9 nitrogen and oxygen atoms in total. The number of hydrogen-bond acceptors (Lipinski definition) is 5. The first-order valence-electron chi connectivity index (χ1n) is 8.06. The molecule has 2 amide bonds. The fourth-order valence-electron chi connectivity index (χ4n) is 2.51. The largest absolute Gasteiger partial charge is 0.480 e. The molecule has 136 valence electrons. The number of amidine groups is 1. The summed E-state index contributed by atoms with van der Waals surface area (Å²) in [5, 5.41) is 15.5. The molecule has 1 heterocycles. The Morgan fingerprint density at radius 1 is 1.50 bits per heavy atom. The topological polar surface area (TPSA) is 130 Å². The molecule has 0 aromatic carbocycles. The van der Waals surface area contributed by atoms with E-state index in [4.69, 9.17) is 15.7 Å². The van der Waals surface area contributed by atoms with Crippen LogP contribution in [0.15, 0.2) is 10.1 Å². The van der Waals surface area contributed by atoms with Crippen LogP contribution < -0.4 is 11.1 Å². The summed E-state index contributed by atoms with van der Waals surface area (Å²) >= 11 is 0. The normalized spacial score (nSPS) is 19.2. The number of nitrogens with two attached hydrogens (primary N) is 1. The Kier molecular flexibility index (Phi) is 8.17. The number of carboxylic acid groups (broad SMARTS) is 1. The molecule has 0 aliphatic carbocycles. The van der Waals surface area contributed by atoms with Crippen molar-refractivity contribution < 1.29 is 19.5 Å². The van der Waals surface area contributed by atoms with Gasteiger partial charge in [0.1, 0.15) is 12.6 Å². The van der Waals surface area contributed by atoms with E-state index in [1.54, 1.807) is 0 Å². The maximum Gasteiger partial charge on any atom is 0.326 e. The van der Waals surface area contributed by atoms with E-state index in [-0.39, 0.29) is 19.2 Å². The Hall–Kier alpha value is -2.16. The summed E-state index contributed by atoms with van der Waals surface area (Å²) in [6.45, 7) is 8.28. The number of aliphatic imine (C=N–C) groups is 1. The number of aliphatic carboxylic acids is 1. The number of amides is 2. The quantitative estimate of drug-likeness (QED) is 0.258. The molecule has 0 saturated carbocycles. The van der Waals surface area contributed by atoms with Gasteiger partial charge in [0.05, 0.1) is 12.6 Å². The van der Waals surface area contributed by atoms with Crippen molar-refractivity contribution in [3.8, 4) is 0 Å². The van der Waals surface area contributed by atoms with E-state index >= 15 is 0 Å². The van der Waals surface area contributed by atoms with Crippen LogP contribution in [0.4, 0.5) is 4.79 Å². The van der Waals surface area contributed by atoms with Crippen molar-refractivity contribution >= 4 is 24.6 Å². The summed E-state index contributed by atoms with van der Waals surface area (Å²) in [6, 6.07) is -1.52. The molecule has 0 aromatic heterocycles. The maximum absolute atomic E-state index is 12.0. The lowest BCUT2D eigenvalue weighted by atomic mass is 10.0. The van der Waals surface area contributed by atoms with Crippen LogP contribution in [0.3, 0.4) is 0 Å². The number of rotatable bonds is 8. The summed E-state index contributed by atoms with van der Waals surface area (Å²) in [5.41, 5.74) is 5.94. The highest BCUT2D eigenvalue weighted by atomic mass is 16.6. The molecule has 2 unspecified atom stereocenters. The van der Waals surface area contributed by atoms with Crippen LogP contribution in [0.2, 0.25) is 0 Å². The fraction of sp³-hybridized carbons (Fsp3) is 0.733. The zero-order valence-corrected chi connectivity index (χ0v) is 14.3. The van der Waals surface area contributed by atoms with E-state index in [0.717, 1.165) is 0 Å². The molecule has 1 rings (SSSR count). The predicted octanol–water partition coefficient (Wildman–Crippen LogP) is 0.649. The maximum atomic E-state index is 12.0. The molecule has 1 saturated heterocycles. The van der Waals surface area contributed by atoms with Gasteiger partial charge in [-0.25, -0.2) is 14.6 Å². The molecule has 0 spiro atoms. The van der Waals surface area contributed by atoms with E-state index in [9.17, 15) is 9.59 Å². The van der Waals surface area contributed by atoms with Crippen molar-refractivity contribution in [1.29, 1.82) is 0 Å². The molecule has 0 radical (unpaired) electrons. The van der Waals surface area contributed by atoms with Crippen LogP contribution in [0.1, 0.15) is 33.1 Å². The molecule has 1 aliphatic heterocycles. The van der Waals surface area contributed by atoms with Crippen LogP contribution in [-0.2, 0) is 9.63 Å². The lowest BCUT2D eigenvalue weighted by molar-refractivity contribution is -0.141. The fourth-order valence-corrected chi connectivity index (χ4v) is 2.51. The van der Waals surface area contributed by atoms with Crippen LogP contribution in [-0.4, -0.2) is 66.3 Å². The summed E-state index contributed by atoms with van der Waals surface area (Å²) in [6.07, 6.45) is 1.88. The van der Waals surface area contributed by atoms with Gasteiger partial charge in [0.15, 0.2) is 5.84 Å². The molecule has 1 aliphatic rings. The first kappa shape index (κ1) is 19.9. The van der Waals surface area contributed by atoms with Crippen molar-refractivity contribution in [3.05, 3.63) is 0 Å². The number of oxime groups is 1. The summed E-state index contributed by atoms with van der Waals surface area (Å²) in [7, 11) is 0. The molecule has 0 aromatic rings. The van der Waals surface area contributed by atoms with Gasteiger partial charge in [0, 0.05) is 6.54 Å². The number of nitrogens with zero attached hydrogens (tertiary/aromatic N) is 3. The van der Waals surface area contributed by atoms with Gasteiger partial charge in [-0.15, -0.1) is 0 Å². The van der Waals surface area contributed by atoms with Gasteiger partial charge in [-0.3, -0.25) is 0 Å². The standard InChI is InChI=1S/C15H27N5O4/c1-10(2)9-11(16)13(17-3)19-24-8-6-18-15(23)20-7-4-5-12(20)14(21)22/h10-12H,3-9,16H2,1-2H3,(H,18,23)(H,21,22)/b19-13-. The van der Waals surface area contributed by atoms with E-state index in [1.807, 2.05) is 13.8 Å². The average Bonchev–Trinajstić information content (AvgIpc) is 2.99. The smallest absolute Gasteiger partial charge is 0.326 e. The summed E-state index contributed by atoms with van der Waals surface area (Å²) in [4.78, 5) is 33.2. The number of carbonyl (C=O) groups excluding carboxylic acids is 1. The van der Waals surface area contributed by atoms with Gasteiger partial charge in [-0.1, -0.05) is 19.0 Å². The van der Waals surface area contributed by atoms with Gasteiger partial charge < -0.3 is 25.9 Å². The average molecular weight is 341 g/mol. The first-order valence-corrected chi connectivity index (χ1v) is 8.06. The van der Waals surface area contributed by atoms with Crippen molar-refractivity contribution in [2.75, 3.05) is 19.7 Å². The number of carboxylic acids is 1. The highest BCUT2D eigenvalue weighted by molar-refractivity contribution is 5.90. The van der Waals surface area contributed by atoms with E-state index in [0.29, 0.717) is 37.6 Å². The minimum Gasteiger partial charge on any atom is -0.480 e. The van der Waals surface area contributed by atoms with E-state index in [1.165, 1.54) is 4.90 Å². The van der Waals surface area contributed by atoms with Gasteiger partial charge in [0.2, 0.25) is 0 Å². The summed E-state index contributed by atoms with van der Waals surface area (Å²) in [5.74, 6) is -0.265. The molecule has 4 N–H and O–H groups in total. The lowest BCUT2D eigenvalue weighted by Crippen LogP contribution is -2.46. The Morgan fingerprint density at radius 3 is 2.79 bits per heavy atom. The Labute approximate surface area is 141 Å². The number of urea groups is 1. The Bertz CT molecular complexity index is 480. The van der Waals surface area contributed by atoms with Gasteiger partial charge in [-0.2, -0.15) is 0 Å². The zero-order valence-electron chi connectivity index (χ0n) is 14.3. The van der Waals surface area contributed by atoms with E-state index < -0.39 is 18.0 Å². The molecule has 9 heteroatoms. The molecular formula is C15H27N5O4. The van der Waals surface area contributed by atoms with Crippen molar-refractivity contribution in [2.24, 2.45) is 21.8 Å². The minimum atomic E-state index is -0.982. The highest BCUT2D eigenvalue weighted by Crippen LogP contribution is 2.17. The lowest BCUT2D eigenvalue weighted by Gasteiger charge is -2.21. The molecule has 2 atom stereocenters. The number of likely N-dealkylation sites (tertiary alicyclic amines) is 1. The second-order valence-corrected chi connectivity index (χ2v) is 6.10. The predicted molar refractivity (Wildman–Crippen MR) is 91.1 cm³/mol. The van der Waals surface area contributed by atoms with Gasteiger partial charge >= 0.3 is 12.0 Å². The second kappa shape index (κ2) is 9.86. The van der Waals surface area contributed by atoms with Crippen LogP contribution in [0.25, 0.3) is 0 Å². The highest BCUT2D eigenvalue weighted by Gasteiger charge is 2.33. The molecule has 24 heavy (non-hydrogen) atoms. The first-order chi connectivity index (χ1) is 11.4. The van der Waals surface area contributed by atoms with Crippen LogP contribution >= 0.6 is 0 Å². The SMILES string of the molecule is C=N/C(=N\OCCNC(=O)N1CCCC1C(=O)O)C(N)CC(C)C. The molecule has 1 fully saturated rings. The van der Waals surface area contributed by atoms with Gasteiger partial charge in [-0.05, 0) is 31.9 Å². The minimum absolute atomic E-state index is 0.130. The van der Waals surface area contributed by atoms with Crippen LogP contribution in [0.5, 0.6) is 0 Å². The number of carbonyl (C=O) groups is 2. The van der Waals surface area contributed by atoms with Crippen molar-refractivity contribution in [2.45, 2.75) is 45.2 Å². The third kappa shape index (κ3) is 6.15. The Morgan fingerprint density at radius 2 is 2.21 bits per heavy atom. The number of nitrogens with one attached hydrogen (secondary N) is 1. The van der Waals surface area contributed by atoms with Gasteiger partial charge in [0.25, 0.3) is 0 Å².